The largest absolute Gasteiger partial charge is 0.475 e. The summed E-state index contributed by atoms with van der Waals surface area (Å²) in [6, 6.07) is 9.75. The summed E-state index contributed by atoms with van der Waals surface area (Å²) in [5, 5.41) is 12.4. The monoisotopic (exact) mass is 702 g/mol. The van der Waals surface area contributed by atoms with Crippen molar-refractivity contribution in [1.82, 2.24) is 14.7 Å². The van der Waals surface area contributed by atoms with Crippen molar-refractivity contribution in [3.8, 4) is 6.07 Å². The van der Waals surface area contributed by atoms with Crippen molar-refractivity contribution in [3.63, 3.8) is 0 Å². The second kappa shape index (κ2) is 13.2. The van der Waals surface area contributed by atoms with Gasteiger partial charge in [-0.05, 0) is 67.4 Å². The lowest BCUT2D eigenvalue weighted by molar-refractivity contribution is -0.132. The molecule has 1 aliphatic carbocycles. The SMILES string of the molecule is [C-]#[N+]C[C@H]1CN(C2=C(C#N)C(OCC34CCCN3CCC4)=NC3C=C(c4cccc5ccc(F)c(Cl)c45)C(Cl)=CC23)CCN1C(=O)C(=C)F. The van der Waals surface area contributed by atoms with Crippen molar-refractivity contribution in [2.45, 2.75) is 43.3 Å². The standard InChI is InChI=1S/C37H34Cl2F2N6O2/c1-22(40)36(48)47-15-14-45(20-24(47)19-43-2)34-27-16-29(38)26(25-7-3-6-23-8-9-30(41)33(39)32(23)25)17-31(27)44-35(28(34)18-42)49-21-37-10-4-12-46(37)13-5-11-37/h3,6-9,16-17,24,27,31H,1,4-5,10-15,19-21H2/t24-,27?,31?/m0/s1. The third-order valence-electron chi connectivity index (χ3n) is 10.6. The molecule has 3 atom stereocenters. The van der Waals surface area contributed by atoms with E-state index in [2.05, 4.69) is 22.4 Å². The highest BCUT2D eigenvalue weighted by Crippen LogP contribution is 2.45. The number of carbonyl (C=O) groups is 1. The van der Waals surface area contributed by atoms with Gasteiger partial charge in [-0.25, -0.2) is 20.3 Å². The number of carbonyl (C=O) groups excluding carboxylic acids is 1. The Hall–Kier alpha value is -4.22. The molecule has 0 bridgehead atoms. The molecule has 2 aromatic rings. The van der Waals surface area contributed by atoms with Crippen molar-refractivity contribution in [3.05, 3.63) is 99.0 Å². The summed E-state index contributed by atoms with van der Waals surface area (Å²) in [7, 11) is 0. The number of nitriles is 1. The Kier molecular flexibility index (Phi) is 9.00. The Balaban J connectivity index is 1.31. The Morgan fingerprint density at radius 3 is 2.65 bits per heavy atom. The Labute approximate surface area is 294 Å². The number of piperazine rings is 1. The number of rotatable bonds is 6. The molecule has 0 N–H and O–H groups in total. The first-order chi connectivity index (χ1) is 23.7. The van der Waals surface area contributed by atoms with E-state index in [9.17, 15) is 18.8 Å². The lowest BCUT2D eigenvalue weighted by atomic mass is 9.82. The molecular weight excluding hydrogens is 669 g/mol. The molecule has 7 rings (SSSR count). The predicted molar refractivity (Wildman–Crippen MR) is 186 cm³/mol. The summed E-state index contributed by atoms with van der Waals surface area (Å²) in [4.78, 5) is 27.0. The van der Waals surface area contributed by atoms with Crippen LogP contribution in [0.3, 0.4) is 0 Å². The minimum absolute atomic E-state index is 0.00437. The summed E-state index contributed by atoms with van der Waals surface area (Å²) in [5.74, 6) is -2.72. The van der Waals surface area contributed by atoms with Crippen LogP contribution < -0.4 is 0 Å². The van der Waals surface area contributed by atoms with Crippen LogP contribution >= 0.6 is 23.2 Å². The summed E-state index contributed by atoms with van der Waals surface area (Å²) in [6.07, 6.45) is 7.97. The molecule has 0 saturated carbocycles. The van der Waals surface area contributed by atoms with Crippen LogP contribution in [-0.2, 0) is 9.53 Å². The van der Waals surface area contributed by atoms with Gasteiger partial charge in [-0.1, -0.05) is 60.1 Å². The molecular formula is C37H34Cl2F2N6O2. The van der Waals surface area contributed by atoms with Gasteiger partial charge in [0.05, 0.1) is 16.6 Å². The summed E-state index contributed by atoms with van der Waals surface area (Å²) < 4.78 is 35.3. The fourth-order valence-electron chi connectivity index (χ4n) is 8.29. The second-order valence-electron chi connectivity index (χ2n) is 13.2. The van der Waals surface area contributed by atoms with Gasteiger partial charge in [0.25, 0.3) is 5.91 Å². The Morgan fingerprint density at radius 2 is 1.94 bits per heavy atom. The van der Waals surface area contributed by atoms with E-state index in [0.29, 0.717) is 33.9 Å². The highest BCUT2D eigenvalue weighted by atomic mass is 35.5. The average Bonchev–Trinajstić information content (AvgIpc) is 3.68. The molecule has 0 radical (unpaired) electrons. The van der Waals surface area contributed by atoms with Crippen LogP contribution in [0.25, 0.3) is 21.2 Å². The topological polar surface area (TPSA) is 76.5 Å². The normalized spacial score (nSPS) is 24.8. The van der Waals surface area contributed by atoms with Crippen molar-refractivity contribution < 1.29 is 18.3 Å². The molecule has 0 aromatic heterocycles. The number of hydrogen-bond donors (Lipinski definition) is 0. The van der Waals surface area contributed by atoms with Crippen LogP contribution in [0.2, 0.25) is 5.02 Å². The Morgan fingerprint density at radius 1 is 1.16 bits per heavy atom. The number of aliphatic imine (C=N–C) groups is 1. The fourth-order valence-corrected chi connectivity index (χ4v) is 8.87. The van der Waals surface area contributed by atoms with E-state index in [1.807, 2.05) is 35.3 Å². The number of dihydropyridines is 1. The van der Waals surface area contributed by atoms with E-state index in [4.69, 9.17) is 39.5 Å². The molecule has 5 aliphatic rings. The van der Waals surface area contributed by atoms with Crippen LogP contribution in [0, 0.1) is 29.6 Å². The van der Waals surface area contributed by atoms with Crippen molar-refractivity contribution in [2.75, 3.05) is 45.9 Å². The quantitative estimate of drug-likeness (QED) is 0.242. The molecule has 2 unspecified atom stereocenters. The minimum atomic E-state index is -1.08. The van der Waals surface area contributed by atoms with Gasteiger partial charge in [0.2, 0.25) is 12.4 Å². The van der Waals surface area contributed by atoms with Crippen LogP contribution in [0.4, 0.5) is 8.78 Å². The first-order valence-corrected chi connectivity index (χ1v) is 17.2. The second-order valence-corrected chi connectivity index (χ2v) is 14.0. The number of ether oxygens (including phenoxy) is 1. The molecule has 12 heteroatoms. The van der Waals surface area contributed by atoms with E-state index >= 15 is 0 Å². The molecule has 4 aliphatic heterocycles. The van der Waals surface area contributed by atoms with Crippen molar-refractivity contribution in [1.29, 1.82) is 5.26 Å². The maximum atomic E-state index is 14.7. The number of halogens is 4. The van der Waals surface area contributed by atoms with E-state index in [1.165, 1.54) is 11.0 Å². The zero-order valence-corrected chi connectivity index (χ0v) is 28.3. The van der Waals surface area contributed by atoms with Gasteiger partial charge in [-0.2, -0.15) is 5.26 Å². The molecule has 3 fully saturated rings. The number of amides is 1. The van der Waals surface area contributed by atoms with Gasteiger partial charge in [0, 0.05) is 41.7 Å². The third-order valence-corrected chi connectivity index (χ3v) is 11.3. The van der Waals surface area contributed by atoms with E-state index < -0.39 is 35.6 Å². The van der Waals surface area contributed by atoms with Gasteiger partial charge >= 0.3 is 0 Å². The molecule has 252 valence electrons. The first kappa shape index (κ1) is 33.3. The van der Waals surface area contributed by atoms with Gasteiger partial charge in [0.15, 0.2) is 5.83 Å². The van der Waals surface area contributed by atoms with Crippen molar-refractivity contribution in [2.24, 2.45) is 10.9 Å². The highest BCUT2D eigenvalue weighted by Gasteiger charge is 2.47. The number of benzene rings is 2. The van der Waals surface area contributed by atoms with Crippen LogP contribution in [0.15, 0.2) is 76.2 Å². The minimum Gasteiger partial charge on any atom is -0.475 e. The molecule has 3 saturated heterocycles. The van der Waals surface area contributed by atoms with E-state index in [1.54, 1.807) is 6.07 Å². The highest BCUT2D eigenvalue weighted by molar-refractivity contribution is 6.40. The predicted octanol–water partition coefficient (Wildman–Crippen LogP) is 6.89. The number of hydrogen-bond acceptors (Lipinski definition) is 6. The molecule has 0 spiro atoms. The lowest BCUT2D eigenvalue weighted by Gasteiger charge is -2.45. The molecule has 1 amide bonds. The number of fused-ring (bicyclic) bond motifs is 3. The number of allylic oxidation sites excluding steroid dienone is 2. The molecule has 49 heavy (non-hydrogen) atoms. The maximum Gasteiger partial charge on any atom is 0.282 e. The van der Waals surface area contributed by atoms with Crippen LogP contribution in [0.1, 0.15) is 31.2 Å². The zero-order valence-electron chi connectivity index (χ0n) is 26.8. The summed E-state index contributed by atoms with van der Waals surface area (Å²) in [5.41, 5.74) is 2.08. The summed E-state index contributed by atoms with van der Waals surface area (Å²) in [6.45, 7) is 13.7. The fraction of sp³-hybridized carbons (Fsp3) is 0.405. The first-order valence-electron chi connectivity index (χ1n) is 16.5. The maximum absolute atomic E-state index is 14.7. The van der Waals surface area contributed by atoms with Gasteiger partial charge in [-0.3, -0.25) is 9.69 Å². The zero-order chi connectivity index (χ0) is 34.4. The van der Waals surface area contributed by atoms with Crippen LogP contribution in [0.5, 0.6) is 0 Å². The van der Waals surface area contributed by atoms with Gasteiger partial charge < -0.3 is 19.4 Å². The Bertz CT molecular complexity index is 1950. The lowest BCUT2D eigenvalue weighted by Crippen LogP contribution is -2.57. The molecule has 2 aromatic carbocycles. The molecule has 8 nitrogen and oxygen atoms in total. The third kappa shape index (κ3) is 5.80. The van der Waals surface area contributed by atoms with E-state index in [0.717, 1.165) is 44.2 Å². The number of nitrogens with zero attached hydrogens (tertiary/aromatic N) is 6. The van der Waals surface area contributed by atoms with Crippen LogP contribution in [-0.4, -0.2) is 90.0 Å². The van der Waals surface area contributed by atoms with Gasteiger partial charge in [0.1, 0.15) is 30.1 Å². The smallest absolute Gasteiger partial charge is 0.282 e. The van der Waals surface area contributed by atoms with Crippen molar-refractivity contribution >= 4 is 51.4 Å². The summed E-state index contributed by atoms with van der Waals surface area (Å²) >= 11 is 13.6. The molecule has 4 heterocycles. The van der Waals surface area contributed by atoms with E-state index in [-0.39, 0.29) is 48.2 Å². The average molecular weight is 704 g/mol. The van der Waals surface area contributed by atoms with Gasteiger partial charge in [-0.15, -0.1) is 0 Å².